The van der Waals surface area contributed by atoms with Crippen LogP contribution in [0.25, 0.3) is 5.69 Å². The Bertz CT molecular complexity index is 1380. The lowest BCUT2D eigenvalue weighted by atomic mass is 10.1. The summed E-state index contributed by atoms with van der Waals surface area (Å²) < 4.78 is 39.6. The first kappa shape index (κ1) is 23.7. The highest BCUT2D eigenvalue weighted by molar-refractivity contribution is 7.89. The molecule has 8 nitrogen and oxygen atoms in total. The molecule has 2 aromatic heterocycles. The zero-order chi connectivity index (χ0) is 24.3. The summed E-state index contributed by atoms with van der Waals surface area (Å²) in [7, 11) is -2.08. The number of pyridine rings is 1. The Morgan fingerprint density at radius 3 is 2.47 bits per heavy atom. The predicted molar refractivity (Wildman–Crippen MR) is 126 cm³/mol. The molecule has 34 heavy (non-hydrogen) atoms. The van der Waals surface area contributed by atoms with Crippen LogP contribution in [0, 0.1) is 5.82 Å². The van der Waals surface area contributed by atoms with Gasteiger partial charge in [0.05, 0.1) is 17.1 Å². The number of nitrogens with zero attached hydrogens (tertiary/aromatic N) is 5. The number of benzene rings is 2. The van der Waals surface area contributed by atoms with Gasteiger partial charge in [0.15, 0.2) is 5.82 Å². The summed E-state index contributed by atoms with van der Waals surface area (Å²) in [5.74, 6) is 0.279. The Morgan fingerprint density at radius 2 is 1.82 bits per heavy atom. The monoisotopic (exact) mass is 480 g/mol. The molecule has 0 saturated carbocycles. The lowest BCUT2D eigenvalue weighted by Crippen LogP contribution is -2.23. The second-order valence-electron chi connectivity index (χ2n) is 8.02. The summed E-state index contributed by atoms with van der Waals surface area (Å²) in [5, 5.41) is 9.71. The number of aromatic nitrogens is 4. The Kier molecular flexibility index (Phi) is 6.82. The third kappa shape index (κ3) is 5.36. The standard InChI is InChI=1S/C24H25FN6O2S/c1-17(21-10-6-7-13-27-21)30(2)16-23-28-24(14-18-8-4-3-5-9-18)31(29-23)22-12-11-19(15-20(22)25)34(26,32)33/h3-13,15,17H,14,16H2,1-2H3,(H2,26,32,33). The van der Waals surface area contributed by atoms with Crippen LogP contribution in [0.5, 0.6) is 0 Å². The molecule has 0 amide bonds. The van der Waals surface area contributed by atoms with Gasteiger partial charge in [-0.15, -0.1) is 5.10 Å². The molecule has 0 saturated heterocycles. The third-order valence-electron chi connectivity index (χ3n) is 5.57. The molecule has 1 unspecified atom stereocenters. The molecule has 2 heterocycles. The quantitative estimate of drug-likeness (QED) is 0.415. The second kappa shape index (κ2) is 9.80. The third-order valence-corrected chi connectivity index (χ3v) is 6.48. The van der Waals surface area contributed by atoms with Crippen LogP contribution in [-0.2, 0) is 23.0 Å². The van der Waals surface area contributed by atoms with Crippen LogP contribution >= 0.6 is 0 Å². The van der Waals surface area contributed by atoms with Crippen molar-refractivity contribution in [3.8, 4) is 5.69 Å². The van der Waals surface area contributed by atoms with E-state index in [2.05, 4.69) is 15.0 Å². The number of hydrogen-bond acceptors (Lipinski definition) is 6. The average molecular weight is 481 g/mol. The summed E-state index contributed by atoms with van der Waals surface area (Å²) in [4.78, 5) is 10.8. The van der Waals surface area contributed by atoms with E-state index in [0.29, 0.717) is 24.6 Å². The lowest BCUT2D eigenvalue weighted by molar-refractivity contribution is 0.242. The van der Waals surface area contributed by atoms with E-state index in [4.69, 9.17) is 10.1 Å². The van der Waals surface area contributed by atoms with E-state index < -0.39 is 15.8 Å². The first-order chi connectivity index (χ1) is 16.2. The fraction of sp³-hybridized carbons (Fsp3) is 0.208. The van der Waals surface area contributed by atoms with E-state index in [0.717, 1.165) is 17.3 Å². The van der Waals surface area contributed by atoms with Gasteiger partial charge < -0.3 is 0 Å². The van der Waals surface area contributed by atoms with Gasteiger partial charge in [0.2, 0.25) is 10.0 Å². The zero-order valence-corrected chi connectivity index (χ0v) is 19.7. The molecule has 0 bridgehead atoms. The Balaban J connectivity index is 1.69. The van der Waals surface area contributed by atoms with Crippen molar-refractivity contribution in [2.24, 2.45) is 5.14 Å². The van der Waals surface area contributed by atoms with Crippen molar-refractivity contribution in [1.82, 2.24) is 24.6 Å². The molecular weight excluding hydrogens is 455 g/mol. The molecule has 4 rings (SSSR count). The van der Waals surface area contributed by atoms with Gasteiger partial charge in [0.25, 0.3) is 0 Å². The van der Waals surface area contributed by atoms with E-state index >= 15 is 0 Å². The first-order valence-electron chi connectivity index (χ1n) is 10.6. The molecule has 0 radical (unpaired) electrons. The SMILES string of the molecule is CC(c1ccccn1)N(C)Cc1nc(Cc2ccccc2)n(-c2ccc(S(N)(=O)=O)cc2F)n1. The van der Waals surface area contributed by atoms with Crippen molar-refractivity contribution in [1.29, 1.82) is 0 Å². The largest absolute Gasteiger partial charge is 0.291 e. The number of hydrogen-bond donors (Lipinski definition) is 1. The fourth-order valence-corrected chi connectivity index (χ4v) is 4.12. The van der Waals surface area contributed by atoms with Crippen LogP contribution in [0.1, 0.15) is 35.9 Å². The number of nitrogens with two attached hydrogens (primary N) is 1. The Hall–Kier alpha value is -3.47. The molecule has 0 fully saturated rings. The van der Waals surface area contributed by atoms with Crippen LogP contribution in [0.3, 0.4) is 0 Å². The highest BCUT2D eigenvalue weighted by Gasteiger charge is 2.20. The Labute approximate surface area is 197 Å². The van der Waals surface area contributed by atoms with Gasteiger partial charge in [-0.25, -0.2) is 27.6 Å². The van der Waals surface area contributed by atoms with Crippen molar-refractivity contribution < 1.29 is 12.8 Å². The van der Waals surface area contributed by atoms with Gasteiger partial charge in [-0.2, -0.15) is 0 Å². The molecule has 10 heteroatoms. The molecule has 0 aliphatic heterocycles. The lowest BCUT2D eigenvalue weighted by Gasteiger charge is -2.22. The maximum Gasteiger partial charge on any atom is 0.238 e. The van der Waals surface area contributed by atoms with Gasteiger partial charge in [0.1, 0.15) is 17.3 Å². The molecule has 0 spiro atoms. The van der Waals surface area contributed by atoms with Gasteiger partial charge in [0, 0.05) is 18.7 Å². The summed E-state index contributed by atoms with van der Waals surface area (Å²) in [6.07, 6.45) is 2.17. The molecule has 0 aliphatic rings. The normalized spacial score (nSPS) is 12.7. The maximum atomic E-state index is 15.0. The summed E-state index contributed by atoms with van der Waals surface area (Å²) in [6, 6.07) is 18.9. The van der Waals surface area contributed by atoms with Crippen molar-refractivity contribution >= 4 is 10.0 Å². The zero-order valence-electron chi connectivity index (χ0n) is 18.8. The van der Waals surface area contributed by atoms with Crippen LogP contribution in [0.15, 0.2) is 77.8 Å². The van der Waals surface area contributed by atoms with Crippen molar-refractivity contribution in [2.75, 3.05) is 7.05 Å². The highest BCUT2D eigenvalue weighted by atomic mass is 32.2. The summed E-state index contributed by atoms with van der Waals surface area (Å²) in [5.41, 5.74) is 2.00. The van der Waals surface area contributed by atoms with Gasteiger partial charge in [-0.1, -0.05) is 36.4 Å². The number of halogens is 1. The highest BCUT2D eigenvalue weighted by Crippen LogP contribution is 2.22. The minimum Gasteiger partial charge on any atom is -0.291 e. The molecule has 4 aromatic rings. The summed E-state index contributed by atoms with van der Waals surface area (Å²) >= 11 is 0. The minimum absolute atomic E-state index is 0.0107. The smallest absolute Gasteiger partial charge is 0.238 e. The van der Waals surface area contributed by atoms with E-state index in [1.165, 1.54) is 16.8 Å². The second-order valence-corrected chi connectivity index (χ2v) is 9.58. The molecule has 2 aromatic carbocycles. The minimum atomic E-state index is -4.03. The summed E-state index contributed by atoms with van der Waals surface area (Å²) in [6.45, 7) is 2.44. The molecule has 0 aliphatic carbocycles. The van der Waals surface area contributed by atoms with E-state index in [1.54, 1.807) is 6.20 Å². The number of sulfonamides is 1. The average Bonchev–Trinajstić information content (AvgIpc) is 3.20. The van der Waals surface area contributed by atoms with Crippen molar-refractivity contribution in [3.63, 3.8) is 0 Å². The van der Waals surface area contributed by atoms with Gasteiger partial charge >= 0.3 is 0 Å². The number of rotatable bonds is 8. The molecule has 176 valence electrons. The Morgan fingerprint density at radius 1 is 1.09 bits per heavy atom. The van der Waals surface area contributed by atoms with Gasteiger partial charge in [-0.05, 0) is 49.9 Å². The van der Waals surface area contributed by atoms with Crippen LogP contribution in [0.2, 0.25) is 0 Å². The molecule has 2 N–H and O–H groups in total. The van der Waals surface area contributed by atoms with E-state index in [9.17, 15) is 12.8 Å². The van der Waals surface area contributed by atoms with Crippen LogP contribution in [0.4, 0.5) is 4.39 Å². The first-order valence-corrected chi connectivity index (χ1v) is 12.2. The van der Waals surface area contributed by atoms with Crippen LogP contribution < -0.4 is 5.14 Å². The van der Waals surface area contributed by atoms with Crippen molar-refractivity contribution in [3.05, 3.63) is 102 Å². The maximum absolute atomic E-state index is 15.0. The van der Waals surface area contributed by atoms with E-state index in [1.807, 2.05) is 62.5 Å². The molecular formula is C24H25FN6O2S. The number of primary sulfonamides is 1. The van der Waals surface area contributed by atoms with Crippen molar-refractivity contribution in [2.45, 2.75) is 30.8 Å². The predicted octanol–water partition coefficient (Wildman–Crippen LogP) is 3.23. The van der Waals surface area contributed by atoms with Crippen LogP contribution in [-0.4, -0.2) is 40.1 Å². The van der Waals surface area contributed by atoms with Gasteiger partial charge in [-0.3, -0.25) is 9.88 Å². The molecule has 1 atom stereocenters. The van der Waals surface area contributed by atoms with E-state index in [-0.39, 0.29) is 16.6 Å². The fourth-order valence-electron chi connectivity index (χ4n) is 3.59. The topological polar surface area (TPSA) is 107 Å².